The molecule has 0 saturated carbocycles. The fourth-order valence-electron chi connectivity index (χ4n) is 2.83. The minimum Gasteiger partial charge on any atom is -0.392 e. The summed E-state index contributed by atoms with van der Waals surface area (Å²) in [7, 11) is 0. The van der Waals surface area contributed by atoms with Crippen LogP contribution in [0, 0.1) is 11.8 Å². The zero-order valence-electron chi connectivity index (χ0n) is 12.3. The van der Waals surface area contributed by atoms with E-state index in [1.54, 1.807) is 0 Å². The van der Waals surface area contributed by atoms with Crippen molar-refractivity contribution >= 4 is 5.91 Å². The van der Waals surface area contributed by atoms with Crippen molar-refractivity contribution in [3.63, 3.8) is 0 Å². The topological polar surface area (TPSA) is 84.6 Å². The van der Waals surface area contributed by atoms with Gasteiger partial charge in [-0.25, -0.2) is 0 Å². The van der Waals surface area contributed by atoms with E-state index < -0.39 is 0 Å². The summed E-state index contributed by atoms with van der Waals surface area (Å²) in [6, 6.07) is 7.55. The van der Waals surface area contributed by atoms with Gasteiger partial charge in [0, 0.05) is 26.3 Å². The van der Waals surface area contributed by atoms with Gasteiger partial charge >= 0.3 is 0 Å². The summed E-state index contributed by atoms with van der Waals surface area (Å²) < 4.78 is 5.33. The van der Waals surface area contributed by atoms with Gasteiger partial charge in [0.2, 0.25) is 5.91 Å². The highest BCUT2D eigenvalue weighted by molar-refractivity contribution is 5.79. The van der Waals surface area contributed by atoms with Gasteiger partial charge in [-0.15, -0.1) is 0 Å². The number of carbonyl (C=O) groups is 1. The van der Waals surface area contributed by atoms with Crippen LogP contribution in [0.4, 0.5) is 0 Å². The lowest BCUT2D eigenvalue weighted by molar-refractivity contribution is -0.127. The van der Waals surface area contributed by atoms with Gasteiger partial charge in [0.25, 0.3) is 0 Å². The number of nitrogens with one attached hydrogen (secondary N) is 1. The standard InChI is InChI=1S/C16H24N2O3/c17-9-15(12-5-7-21-8-6-12)16(20)18-10-13-3-1-2-4-14(13)11-19/h1-4,12,15,19H,5-11,17H2,(H,18,20). The van der Waals surface area contributed by atoms with Crippen molar-refractivity contribution in [2.24, 2.45) is 17.6 Å². The molecule has 5 heteroatoms. The van der Waals surface area contributed by atoms with E-state index in [2.05, 4.69) is 5.32 Å². The van der Waals surface area contributed by atoms with Crippen molar-refractivity contribution in [3.05, 3.63) is 35.4 Å². The van der Waals surface area contributed by atoms with Crippen LogP contribution in [0.3, 0.4) is 0 Å². The van der Waals surface area contributed by atoms with Crippen molar-refractivity contribution in [2.75, 3.05) is 19.8 Å². The minimum absolute atomic E-state index is 0.00265. The Morgan fingerprint density at radius 2 is 2.00 bits per heavy atom. The van der Waals surface area contributed by atoms with Crippen LogP contribution in [0.25, 0.3) is 0 Å². The summed E-state index contributed by atoms with van der Waals surface area (Å²) in [6.45, 7) is 2.18. The maximum atomic E-state index is 12.4. The molecular formula is C16H24N2O3. The maximum absolute atomic E-state index is 12.4. The van der Waals surface area contributed by atoms with Crippen molar-refractivity contribution in [1.82, 2.24) is 5.32 Å². The number of ether oxygens (including phenoxy) is 1. The number of amides is 1. The van der Waals surface area contributed by atoms with E-state index in [0.29, 0.717) is 32.2 Å². The third kappa shape index (κ3) is 4.27. The number of carbonyl (C=O) groups excluding carboxylic acids is 1. The molecule has 1 heterocycles. The lowest BCUT2D eigenvalue weighted by atomic mass is 9.85. The summed E-state index contributed by atoms with van der Waals surface area (Å²) in [4.78, 5) is 12.4. The molecule has 0 aromatic heterocycles. The Labute approximate surface area is 125 Å². The average Bonchev–Trinajstić information content (AvgIpc) is 2.55. The van der Waals surface area contributed by atoms with Crippen LogP contribution < -0.4 is 11.1 Å². The molecular weight excluding hydrogens is 268 g/mol. The SMILES string of the molecule is NCC(C(=O)NCc1ccccc1CO)C1CCOCC1. The van der Waals surface area contributed by atoms with Gasteiger partial charge in [-0.3, -0.25) is 4.79 Å². The van der Waals surface area contributed by atoms with E-state index in [9.17, 15) is 9.90 Å². The molecule has 1 unspecified atom stereocenters. The lowest BCUT2D eigenvalue weighted by Crippen LogP contribution is -2.41. The Morgan fingerprint density at radius 1 is 1.33 bits per heavy atom. The predicted molar refractivity (Wildman–Crippen MR) is 80.3 cm³/mol. The first-order valence-electron chi connectivity index (χ1n) is 7.49. The number of aliphatic hydroxyl groups excluding tert-OH is 1. The number of benzene rings is 1. The summed E-state index contributed by atoms with van der Waals surface area (Å²) in [5, 5.41) is 12.2. The van der Waals surface area contributed by atoms with E-state index in [0.717, 1.165) is 24.0 Å². The molecule has 2 rings (SSSR count). The molecule has 1 atom stereocenters. The first kappa shape index (κ1) is 15.9. The highest BCUT2D eigenvalue weighted by Gasteiger charge is 2.28. The van der Waals surface area contributed by atoms with Crippen LogP contribution in [0.1, 0.15) is 24.0 Å². The quantitative estimate of drug-likeness (QED) is 0.724. The van der Waals surface area contributed by atoms with Gasteiger partial charge in [0.15, 0.2) is 0 Å². The first-order chi connectivity index (χ1) is 10.3. The second-order valence-corrected chi connectivity index (χ2v) is 5.44. The second kappa shape index (κ2) is 8.12. The van der Waals surface area contributed by atoms with Crippen molar-refractivity contribution in [1.29, 1.82) is 0 Å². The Balaban J connectivity index is 1.93. The third-order valence-electron chi connectivity index (χ3n) is 4.17. The minimum atomic E-state index is -0.157. The zero-order chi connectivity index (χ0) is 15.1. The molecule has 1 aliphatic rings. The van der Waals surface area contributed by atoms with Crippen LogP contribution in [-0.4, -0.2) is 30.8 Å². The Bertz CT molecular complexity index is 459. The fourth-order valence-corrected chi connectivity index (χ4v) is 2.83. The van der Waals surface area contributed by atoms with Crippen molar-refractivity contribution < 1.29 is 14.6 Å². The monoisotopic (exact) mass is 292 g/mol. The summed E-state index contributed by atoms with van der Waals surface area (Å²) >= 11 is 0. The Kier molecular flexibility index (Phi) is 6.17. The maximum Gasteiger partial charge on any atom is 0.224 e. The molecule has 116 valence electrons. The molecule has 1 amide bonds. The van der Waals surface area contributed by atoms with Gasteiger partial charge in [-0.2, -0.15) is 0 Å². The number of nitrogens with two attached hydrogens (primary N) is 1. The van der Waals surface area contributed by atoms with Gasteiger partial charge in [0.1, 0.15) is 0 Å². The molecule has 1 aromatic rings. The first-order valence-corrected chi connectivity index (χ1v) is 7.49. The average molecular weight is 292 g/mol. The molecule has 0 spiro atoms. The molecule has 21 heavy (non-hydrogen) atoms. The van der Waals surface area contributed by atoms with E-state index in [1.165, 1.54) is 0 Å². The second-order valence-electron chi connectivity index (χ2n) is 5.44. The van der Waals surface area contributed by atoms with E-state index in [1.807, 2.05) is 24.3 Å². The number of hydrogen-bond acceptors (Lipinski definition) is 4. The summed E-state index contributed by atoms with van der Waals surface area (Å²) in [5.74, 6) is 0.143. The van der Waals surface area contributed by atoms with E-state index in [-0.39, 0.29) is 18.4 Å². The van der Waals surface area contributed by atoms with Crippen LogP contribution in [0.15, 0.2) is 24.3 Å². The molecule has 0 aliphatic carbocycles. The summed E-state index contributed by atoms with van der Waals surface area (Å²) in [6.07, 6.45) is 1.78. The predicted octanol–water partition coefficient (Wildman–Crippen LogP) is 0.797. The number of aliphatic hydroxyl groups is 1. The Morgan fingerprint density at radius 3 is 2.62 bits per heavy atom. The molecule has 1 saturated heterocycles. The van der Waals surface area contributed by atoms with Crippen molar-refractivity contribution in [2.45, 2.75) is 26.0 Å². The van der Waals surface area contributed by atoms with Crippen molar-refractivity contribution in [3.8, 4) is 0 Å². The fraction of sp³-hybridized carbons (Fsp3) is 0.562. The third-order valence-corrected chi connectivity index (χ3v) is 4.17. The molecule has 0 bridgehead atoms. The molecule has 4 N–H and O–H groups in total. The highest BCUT2D eigenvalue weighted by atomic mass is 16.5. The van der Waals surface area contributed by atoms with Crippen LogP contribution in [0.2, 0.25) is 0 Å². The van der Waals surface area contributed by atoms with E-state index in [4.69, 9.17) is 10.5 Å². The van der Waals surface area contributed by atoms with Crippen LogP contribution >= 0.6 is 0 Å². The Hall–Kier alpha value is -1.43. The highest BCUT2D eigenvalue weighted by Crippen LogP contribution is 2.23. The normalized spacial score (nSPS) is 17.4. The molecule has 1 fully saturated rings. The van der Waals surface area contributed by atoms with Gasteiger partial charge in [0.05, 0.1) is 12.5 Å². The number of rotatable bonds is 6. The molecule has 0 radical (unpaired) electrons. The zero-order valence-corrected chi connectivity index (χ0v) is 12.3. The summed E-state index contributed by atoms with van der Waals surface area (Å²) in [5.41, 5.74) is 7.57. The number of hydrogen-bond donors (Lipinski definition) is 3. The largest absolute Gasteiger partial charge is 0.392 e. The lowest BCUT2D eigenvalue weighted by Gasteiger charge is -2.28. The van der Waals surface area contributed by atoms with Gasteiger partial charge in [-0.1, -0.05) is 24.3 Å². The smallest absolute Gasteiger partial charge is 0.224 e. The molecule has 1 aliphatic heterocycles. The van der Waals surface area contributed by atoms with E-state index >= 15 is 0 Å². The molecule has 5 nitrogen and oxygen atoms in total. The van der Waals surface area contributed by atoms with Crippen LogP contribution in [0.5, 0.6) is 0 Å². The molecule has 1 aromatic carbocycles. The van der Waals surface area contributed by atoms with Gasteiger partial charge < -0.3 is 20.9 Å². The van der Waals surface area contributed by atoms with Gasteiger partial charge in [-0.05, 0) is 29.9 Å². The van der Waals surface area contributed by atoms with Crippen LogP contribution in [-0.2, 0) is 22.7 Å².